The van der Waals surface area contributed by atoms with Crippen molar-refractivity contribution in [3.8, 4) is 33.3 Å². The zero-order valence-corrected chi connectivity index (χ0v) is 36.8. The van der Waals surface area contributed by atoms with E-state index in [2.05, 4.69) is 36.1 Å². The van der Waals surface area contributed by atoms with Crippen LogP contribution < -0.4 is 25.4 Å². The smallest absolute Gasteiger partial charge is 0.274 e. The minimum Gasteiger partial charge on any atom is -0.494 e. The van der Waals surface area contributed by atoms with E-state index in [4.69, 9.17) is 9.47 Å². The van der Waals surface area contributed by atoms with Crippen LogP contribution in [0.5, 0.6) is 11.5 Å². The van der Waals surface area contributed by atoms with E-state index < -0.39 is 35.4 Å². The number of hydrogen-bond acceptors (Lipinski definition) is 12. The zero-order chi connectivity index (χ0) is 44.4. The summed E-state index contributed by atoms with van der Waals surface area (Å²) in [5.74, 6) is -0.450. The largest absolute Gasteiger partial charge is 0.494 e. The molecular formula is C45H55N9O7S. The molecule has 1 aliphatic heterocycles. The number of rotatable bonds is 18. The number of methoxy groups -OCH3 is 1. The van der Waals surface area contributed by atoms with Crippen molar-refractivity contribution in [1.29, 1.82) is 0 Å². The van der Waals surface area contributed by atoms with E-state index in [-0.39, 0.29) is 43.4 Å². The molecule has 3 atom stereocenters. The van der Waals surface area contributed by atoms with Gasteiger partial charge in [0.15, 0.2) is 0 Å². The van der Waals surface area contributed by atoms with E-state index in [1.165, 1.54) is 12.0 Å². The van der Waals surface area contributed by atoms with Gasteiger partial charge in [0.1, 0.15) is 35.9 Å². The topological polar surface area (TPSA) is 204 Å². The number of aromatic amines is 1. The minimum atomic E-state index is -0.906. The number of ether oxygens (including phenoxy) is 2. The SMILES string of the molecule is COc1cc(OCCN(C)CCCC(=O)N[C@H](C(=O)N2C[C@H](O)C[C@H]2C(=O)NCc2ccc(-c3scnc3C)cc2)C(C)(C)C)ccc1NC(=O)c1cccc(-c2ccn[nH]2)n1. The summed E-state index contributed by atoms with van der Waals surface area (Å²) >= 11 is 1.57. The number of nitrogens with one attached hydrogen (secondary N) is 4. The van der Waals surface area contributed by atoms with Gasteiger partial charge in [-0.3, -0.25) is 24.3 Å². The van der Waals surface area contributed by atoms with E-state index in [1.807, 2.05) is 69.4 Å². The third-order valence-corrected chi connectivity index (χ3v) is 11.6. The van der Waals surface area contributed by atoms with Gasteiger partial charge in [-0.15, -0.1) is 11.3 Å². The van der Waals surface area contributed by atoms with Gasteiger partial charge >= 0.3 is 0 Å². The van der Waals surface area contributed by atoms with E-state index in [0.29, 0.717) is 54.7 Å². The second kappa shape index (κ2) is 20.6. The van der Waals surface area contributed by atoms with Crippen LogP contribution in [0.2, 0.25) is 0 Å². The van der Waals surface area contributed by atoms with Gasteiger partial charge in [0, 0.05) is 44.7 Å². The fraction of sp³-hybridized carbons (Fsp3) is 0.400. The van der Waals surface area contributed by atoms with Gasteiger partial charge in [0.2, 0.25) is 17.7 Å². The number of thiazole rings is 1. The number of aliphatic hydroxyl groups excluding tert-OH is 1. The fourth-order valence-electron chi connectivity index (χ4n) is 7.11. The molecule has 17 heteroatoms. The number of amides is 4. The molecule has 5 N–H and O–H groups in total. The van der Waals surface area contributed by atoms with Crippen molar-refractivity contribution < 1.29 is 33.8 Å². The maximum absolute atomic E-state index is 14.0. The third-order valence-electron chi connectivity index (χ3n) is 10.6. The highest BCUT2D eigenvalue weighted by atomic mass is 32.1. The molecular weight excluding hydrogens is 811 g/mol. The monoisotopic (exact) mass is 865 g/mol. The Morgan fingerprint density at radius 2 is 1.85 bits per heavy atom. The van der Waals surface area contributed by atoms with Crippen LogP contribution in [-0.2, 0) is 20.9 Å². The average molecular weight is 866 g/mol. The number of aromatic nitrogens is 4. The van der Waals surface area contributed by atoms with Crippen molar-refractivity contribution in [1.82, 2.24) is 40.6 Å². The van der Waals surface area contributed by atoms with Crippen LogP contribution in [0.15, 0.2) is 78.4 Å². The number of anilines is 1. The Bertz CT molecular complexity index is 2310. The van der Waals surface area contributed by atoms with Crippen molar-refractivity contribution in [2.45, 2.75) is 71.7 Å². The number of H-pyrrole nitrogens is 1. The number of aryl methyl sites for hydroxylation is 1. The summed E-state index contributed by atoms with van der Waals surface area (Å²) in [6.45, 7) is 9.36. The van der Waals surface area contributed by atoms with Crippen molar-refractivity contribution >= 4 is 40.7 Å². The first-order valence-corrected chi connectivity index (χ1v) is 21.4. The maximum Gasteiger partial charge on any atom is 0.274 e. The summed E-state index contributed by atoms with van der Waals surface area (Å²) in [4.78, 5) is 67.1. The standard InChI is InChI=1S/C45H55N9O7S/c1-28-40(62-27-47-28)30-14-12-29(13-15-30)25-46-43(58)37-23-31(55)26-54(37)44(59)41(45(2,3)4)51-39(56)11-8-20-53(5)21-22-61-32-16-17-35(38(24-32)60-6)50-42(57)36-10-7-9-33(49-36)34-18-19-48-52-34/h7,9-10,12-19,24,27,31,37,41,55H,8,11,20-23,25-26H2,1-6H3,(H,46,58)(H,48,52)(H,50,57)(H,51,56)/t31-,37+,41-/m1/s1. The number of aliphatic hydroxyl groups is 1. The van der Waals surface area contributed by atoms with Gasteiger partial charge in [-0.2, -0.15) is 5.10 Å². The molecule has 0 bridgehead atoms. The van der Waals surface area contributed by atoms with Gasteiger partial charge in [-0.05, 0) is 73.8 Å². The molecule has 6 rings (SSSR count). The van der Waals surface area contributed by atoms with Crippen LogP contribution in [-0.4, -0.2) is 117 Å². The number of β-amino-alcohol motifs (C(OH)–C–C–N with tert-alkyl or cyclic N) is 1. The summed E-state index contributed by atoms with van der Waals surface area (Å²) in [6.07, 6.45) is 1.59. The molecule has 1 aliphatic rings. The zero-order valence-electron chi connectivity index (χ0n) is 35.9. The van der Waals surface area contributed by atoms with Crippen molar-refractivity contribution in [2.75, 3.05) is 45.7 Å². The highest BCUT2D eigenvalue weighted by molar-refractivity contribution is 7.13. The molecule has 2 aromatic carbocycles. The molecule has 5 aromatic rings. The maximum atomic E-state index is 14.0. The number of benzene rings is 2. The lowest BCUT2D eigenvalue weighted by molar-refractivity contribution is -0.144. The molecule has 3 aromatic heterocycles. The average Bonchev–Trinajstić information content (AvgIpc) is 4.04. The molecule has 0 saturated carbocycles. The molecule has 4 heterocycles. The number of likely N-dealkylation sites (N-methyl/N-ethyl adjacent to an activating group) is 1. The van der Waals surface area contributed by atoms with Crippen LogP contribution in [0.1, 0.15) is 61.8 Å². The van der Waals surface area contributed by atoms with E-state index in [1.54, 1.807) is 60.0 Å². The normalized spacial score (nSPS) is 15.6. The fourth-order valence-corrected chi connectivity index (χ4v) is 7.93. The Balaban J connectivity index is 0.937. The lowest BCUT2D eigenvalue weighted by atomic mass is 9.85. The molecule has 16 nitrogen and oxygen atoms in total. The molecule has 62 heavy (non-hydrogen) atoms. The van der Waals surface area contributed by atoms with Gasteiger partial charge in [0.05, 0.1) is 46.4 Å². The first kappa shape index (κ1) is 45.4. The number of pyridine rings is 1. The van der Waals surface area contributed by atoms with Crippen LogP contribution >= 0.6 is 11.3 Å². The van der Waals surface area contributed by atoms with Crippen LogP contribution in [0.25, 0.3) is 21.8 Å². The summed E-state index contributed by atoms with van der Waals surface area (Å²) in [6, 6.07) is 18.2. The summed E-state index contributed by atoms with van der Waals surface area (Å²) in [5, 5.41) is 26.1. The molecule has 328 valence electrons. The van der Waals surface area contributed by atoms with Crippen molar-refractivity contribution in [3.05, 3.63) is 95.4 Å². The minimum absolute atomic E-state index is 0.00310. The third kappa shape index (κ3) is 11.8. The second-order valence-electron chi connectivity index (χ2n) is 16.4. The lowest BCUT2D eigenvalue weighted by Crippen LogP contribution is -2.57. The number of carbonyl (C=O) groups is 4. The number of nitrogens with zero attached hydrogens (tertiary/aromatic N) is 5. The highest BCUT2D eigenvalue weighted by Gasteiger charge is 2.44. The quantitative estimate of drug-likeness (QED) is 0.0788. The first-order valence-electron chi connectivity index (χ1n) is 20.5. The molecule has 1 saturated heterocycles. The molecule has 0 spiro atoms. The number of hydrogen-bond donors (Lipinski definition) is 5. The Morgan fingerprint density at radius 3 is 2.55 bits per heavy atom. The molecule has 1 fully saturated rings. The number of carbonyl (C=O) groups excluding carboxylic acids is 4. The summed E-state index contributed by atoms with van der Waals surface area (Å²) in [5.41, 5.74) is 6.06. The van der Waals surface area contributed by atoms with Crippen LogP contribution in [0, 0.1) is 12.3 Å². The predicted molar refractivity (Wildman–Crippen MR) is 237 cm³/mol. The highest BCUT2D eigenvalue weighted by Crippen LogP contribution is 2.31. The summed E-state index contributed by atoms with van der Waals surface area (Å²) in [7, 11) is 3.44. The van der Waals surface area contributed by atoms with E-state index in [0.717, 1.165) is 21.7 Å². The Hall–Kier alpha value is -6.17. The van der Waals surface area contributed by atoms with Crippen molar-refractivity contribution in [2.24, 2.45) is 5.41 Å². The summed E-state index contributed by atoms with van der Waals surface area (Å²) < 4.78 is 11.5. The Morgan fingerprint density at radius 1 is 1.06 bits per heavy atom. The first-order chi connectivity index (χ1) is 29.7. The Labute approximate surface area is 365 Å². The molecule has 4 amide bonds. The van der Waals surface area contributed by atoms with E-state index in [9.17, 15) is 24.3 Å². The van der Waals surface area contributed by atoms with Gasteiger partial charge in [-0.25, -0.2) is 9.97 Å². The van der Waals surface area contributed by atoms with Gasteiger partial charge in [0.25, 0.3) is 5.91 Å². The lowest BCUT2D eigenvalue weighted by Gasteiger charge is -2.35. The van der Waals surface area contributed by atoms with Crippen LogP contribution in [0.3, 0.4) is 0 Å². The van der Waals surface area contributed by atoms with Gasteiger partial charge < -0.3 is 40.3 Å². The van der Waals surface area contributed by atoms with Crippen LogP contribution in [0.4, 0.5) is 5.69 Å². The van der Waals surface area contributed by atoms with Gasteiger partial charge in [-0.1, -0.05) is 51.1 Å². The second-order valence-corrected chi connectivity index (χ2v) is 17.2. The molecule has 0 radical (unpaired) electrons. The Kier molecular flexibility index (Phi) is 15.1. The van der Waals surface area contributed by atoms with E-state index >= 15 is 0 Å². The molecule has 0 aliphatic carbocycles. The number of likely N-dealkylation sites (tertiary alicyclic amines) is 1. The van der Waals surface area contributed by atoms with Crippen molar-refractivity contribution in [3.63, 3.8) is 0 Å². The predicted octanol–water partition coefficient (Wildman–Crippen LogP) is 5.06. The molecule has 0 unspecified atom stereocenters.